The van der Waals surface area contributed by atoms with Gasteiger partial charge in [0.2, 0.25) is 0 Å². The Hall–Kier alpha value is -3.10. The number of aromatic nitrogens is 1. The first-order chi connectivity index (χ1) is 16.4. The second-order valence-corrected chi connectivity index (χ2v) is 9.32. The van der Waals surface area contributed by atoms with Gasteiger partial charge in [-0.05, 0) is 68.7 Å². The fourth-order valence-corrected chi connectivity index (χ4v) is 4.11. The third-order valence-corrected chi connectivity index (χ3v) is 6.41. The minimum absolute atomic E-state index is 0.0972. The lowest BCUT2D eigenvalue weighted by Gasteiger charge is -2.37. The van der Waals surface area contributed by atoms with E-state index in [2.05, 4.69) is 15.6 Å². The second-order valence-electron chi connectivity index (χ2n) is 9.32. The van der Waals surface area contributed by atoms with Crippen LogP contribution in [-0.2, 0) is 16.0 Å². The molecular weight excluding hydrogens is 432 g/mol. The van der Waals surface area contributed by atoms with Crippen LogP contribution in [-0.4, -0.2) is 40.9 Å². The van der Waals surface area contributed by atoms with E-state index in [-0.39, 0.29) is 12.3 Å². The first-order valence-electron chi connectivity index (χ1n) is 11.9. The summed E-state index contributed by atoms with van der Waals surface area (Å²) in [6.45, 7) is 3.47. The molecule has 2 fully saturated rings. The highest BCUT2D eigenvalue weighted by atomic mass is 16.5. The third-order valence-electron chi connectivity index (χ3n) is 6.41. The number of nitrogens with one attached hydrogen (secondary N) is 2. The number of benzene rings is 1. The number of carbonyl (C=O) groups is 1. The molecule has 0 amide bonds. The van der Waals surface area contributed by atoms with Gasteiger partial charge in [0.25, 0.3) is 0 Å². The van der Waals surface area contributed by atoms with Crippen LogP contribution in [0.4, 0.5) is 11.5 Å². The van der Waals surface area contributed by atoms with E-state index >= 15 is 0 Å². The van der Waals surface area contributed by atoms with Gasteiger partial charge in [-0.15, -0.1) is 0 Å². The maximum atomic E-state index is 10.9. The number of pyridine rings is 1. The average molecular weight is 467 g/mol. The van der Waals surface area contributed by atoms with Crippen LogP contribution in [0.15, 0.2) is 54.6 Å². The number of nitrogens with zero attached hydrogens (tertiary/aromatic N) is 1. The molecule has 2 aliphatic rings. The van der Waals surface area contributed by atoms with Gasteiger partial charge in [0.1, 0.15) is 17.3 Å². The van der Waals surface area contributed by atoms with Crippen molar-refractivity contribution >= 4 is 17.5 Å². The molecule has 1 atom stereocenters. The van der Waals surface area contributed by atoms with Crippen LogP contribution in [0.2, 0.25) is 0 Å². The van der Waals surface area contributed by atoms with E-state index in [1.807, 2.05) is 49.5 Å². The molecule has 182 valence electrons. The number of carboxylic acid groups (broad SMARTS) is 1. The molecule has 2 heterocycles. The number of rotatable bonds is 11. The number of ether oxygens (including phenoxy) is 2. The molecule has 1 aliphatic carbocycles. The zero-order chi connectivity index (χ0) is 24.0. The van der Waals surface area contributed by atoms with Crippen molar-refractivity contribution in [3.05, 3.63) is 60.1 Å². The molecule has 0 spiro atoms. The number of anilines is 2. The zero-order valence-electron chi connectivity index (χ0n) is 19.6. The quantitative estimate of drug-likeness (QED) is 0.368. The number of nitrogens with two attached hydrogens (primary N) is 1. The van der Waals surface area contributed by atoms with Crippen molar-refractivity contribution < 1.29 is 19.4 Å². The smallest absolute Gasteiger partial charge is 0.303 e. The van der Waals surface area contributed by atoms with Gasteiger partial charge in [-0.2, -0.15) is 0 Å². The average Bonchev–Trinajstić information content (AvgIpc) is 3.66. The summed E-state index contributed by atoms with van der Waals surface area (Å²) in [6, 6.07) is 11.8. The van der Waals surface area contributed by atoms with E-state index in [4.69, 9.17) is 20.3 Å². The van der Waals surface area contributed by atoms with Crippen molar-refractivity contribution in [2.75, 3.05) is 18.5 Å². The molecule has 1 unspecified atom stereocenters. The minimum atomic E-state index is -0.808. The Kier molecular flexibility index (Phi) is 7.70. The Morgan fingerprint density at radius 1 is 1.26 bits per heavy atom. The summed E-state index contributed by atoms with van der Waals surface area (Å²) >= 11 is 0. The van der Waals surface area contributed by atoms with Crippen LogP contribution >= 0.6 is 0 Å². The van der Waals surface area contributed by atoms with E-state index in [9.17, 15) is 4.79 Å². The predicted molar refractivity (Wildman–Crippen MR) is 131 cm³/mol. The predicted octanol–water partition coefficient (Wildman–Crippen LogP) is 3.96. The molecule has 34 heavy (non-hydrogen) atoms. The van der Waals surface area contributed by atoms with Gasteiger partial charge in [-0.1, -0.05) is 12.1 Å². The molecule has 0 bridgehead atoms. The maximum absolute atomic E-state index is 10.9. The molecule has 1 aromatic heterocycles. The highest BCUT2D eigenvalue weighted by molar-refractivity contribution is 5.67. The topological polar surface area (TPSA) is 119 Å². The molecule has 4 rings (SSSR count). The summed E-state index contributed by atoms with van der Waals surface area (Å²) in [5, 5.41) is 15.6. The summed E-state index contributed by atoms with van der Waals surface area (Å²) in [7, 11) is 0. The van der Waals surface area contributed by atoms with Gasteiger partial charge in [0.15, 0.2) is 0 Å². The highest BCUT2D eigenvalue weighted by Gasteiger charge is 2.37. The lowest BCUT2D eigenvalue weighted by atomic mass is 9.79. The molecular formula is C26H34N4O4. The van der Waals surface area contributed by atoms with Crippen molar-refractivity contribution in [2.24, 2.45) is 11.7 Å². The van der Waals surface area contributed by atoms with Crippen LogP contribution in [0.5, 0.6) is 5.75 Å². The Bertz CT molecular complexity index is 1010. The summed E-state index contributed by atoms with van der Waals surface area (Å²) in [4.78, 5) is 15.3. The fraction of sp³-hybridized carbons (Fsp3) is 0.462. The molecule has 1 saturated carbocycles. The molecule has 2 aromatic rings. The number of hydrogen-bond acceptors (Lipinski definition) is 7. The first-order valence-corrected chi connectivity index (χ1v) is 11.9. The van der Waals surface area contributed by atoms with Crippen molar-refractivity contribution in [2.45, 2.75) is 57.0 Å². The lowest BCUT2D eigenvalue weighted by molar-refractivity contribution is -0.136. The second kappa shape index (κ2) is 10.9. The molecule has 8 nitrogen and oxygen atoms in total. The normalized spacial score (nSPS) is 18.7. The van der Waals surface area contributed by atoms with Gasteiger partial charge in [0.05, 0.1) is 5.54 Å². The number of aliphatic carboxylic acids is 1. The van der Waals surface area contributed by atoms with Gasteiger partial charge in [-0.3, -0.25) is 4.79 Å². The highest BCUT2D eigenvalue weighted by Crippen LogP contribution is 2.33. The van der Waals surface area contributed by atoms with E-state index in [0.29, 0.717) is 29.8 Å². The number of aryl methyl sites for hydroxylation is 1. The van der Waals surface area contributed by atoms with Gasteiger partial charge < -0.3 is 30.9 Å². The van der Waals surface area contributed by atoms with Gasteiger partial charge in [-0.25, -0.2) is 4.98 Å². The Labute approximate surface area is 200 Å². The Morgan fingerprint density at radius 3 is 2.79 bits per heavy atom. The Morgan fingerprint density at radius 2 is 2.06 bits per heavy atom. The number of hydrogen-bond donors (Lipinski definition) is 4. The van der Waals surface area contributed by atoms with Crippen molar-refractivity contribution in [3.8, 4) is 5.75 Å². The lowest BCUT2D eigenvalue weighted by Crippen LogP contribution is -2.50. The van der Waals surface area contributed by atoms with Crippen molar-refractivity contribution in [3.63, 3.8) is 0 Å². The SMILES string of the molecule is CC(N)(C(=CNC1CC1)Oc1ccnc(Nc2cccc(CCC(=O)O)c2)c1)C1CCOCC1. The van der Waals surface area contributed by atoms with E-state index in [1.165, 1.54) is 0 Å². The third kappa shape index (κ3) is 6.71. The van der Waals surface area contributed by atoms with E-state index in [1.54, 1.807) is 6.20 Å². The molecule has 0 radical (unpaired) electrons. The van der Waals surface area contributed by atoms with Gasteiger partial charge >= 0.3 is 5.97 Å². The fourth-order valence-electron chi connectivity index (χ4n) is 4.11. The maximum Gasteiger partial charge on any atom is 0.303 e. The van der Waals surface area contributed by atoms with Crippen LogP contribution in [0.3, 0.4) is 0 Å². The van der Waals surface area contributed by atoms with Crippen LogP contribution < -0.4 is 21.1 Å². The molecule has 5 N–H and O–H groups in total. The van der Waals surface area contributed by atoms with Crippen LogP contribution in [0.25, 0.3) is 0 Å². The first kappa shape index (κ1) is 24.0. The minimum Gasteiger partial charge on any atom is -0.481 e. The summed E-state index contributed by atoms with van der Waals surface area (Å²) in [5.74, 6) is 1.44. The zero-order valence-corrected chi connectivity index (χ0v) is 19.6. The Balaban J connectivity index is 1.48. The standard InChI is InChI=1S/C26H34N4O4/c1-26(27,19-10-13-33-14-11-19)23(17-29-20-6-7-20)34-22-9-12-28-24(16-22)30-21-4-2-3-18(15-21)5-8-25(31)32/h2-4,9,12,15-17,19-20,29H,5-8,10-11,13-14,27H2,1H3,(H,28,30)(H,31,32). The van der Waals surface area contributed by atoms with Crippen molar-refractivity contribution in [1.29, 1.82) is 0 Å². The van der Waals surface area contributed by atoms with E-state index in [0.717, 1.165) is 50.1 Å². The molecule has 1 aromatic carbocycles. The van der Waals surface area contributed by atoms with E-state index < -0.39 is 11.5 Å². The molecule has 1 saturated heterocycles. The monoisotopic (exact) mass is 466 g/mol. The summed E-state index contributed by atoms with van der Waals surface area (Å²) in [5.41, 5.74) is 8.01. The number of carboxylic acids is 1. The van der Waals surface area contributed by atoms with Gasteiger partial charge in [0, 0.05) is 49.8 Å². The summed E-state index contributed by atoms with van der Waals surface area (Å²) < 4.78 is 11.9. The molecule has 1 aliphatic heterocycles. The summed E-state index contributed by atoms with van der Waals surface area (Å²) in [6.07, 6.45) is 8.34. The van der Waals surface area contributed by atoms with Crippen molar-refractivity contribution in [1.82, 2.24) is 10.3 Å². The van der Waals surface area contributed by atoms with Crippen LogP contribution in [0.1, 0.15) is 44.6 Å². The van der Waals surface area contributed by atoms with Crippen LogP contribution in [0, 0.1) is 5.92 Å². The molecule has 8 heteroatoms. The largest absolute Gasteiger partial charge is 0.481 e.